The van der Waals surface area contributed by atoms with Gasteiger partial charge in [-0.1, -0.05) is 66.0 Å². The van der Waals surface area contributed by atoms with Gasteiger partial charge in [0.25, 0.3) is 0 Å². The molecule has 0 aromatic heterocycles. The van der Waals surface area contributed by atoms with Crippen molar-refractivity contribution in [2.45, 2.75) is 72.9 Å². The number of benzene rings is 1. The summed E-state index contributed by atoms with van der Waals surface area (Å²) in [5, 5.41) is 13.4. The first-order chi connectivity index (χ1) is 16.9. The number of amides is 2. The molecule has 3 unspecified atom stereocenters. The molecule has 2 N–H and O–H groups in total. The van der Waals surface area contributed by atoms with Crippen LogP contribution >= 0.6 is 27.7 Å². The Morgan fingerprint density at radius 1 is 1.29 bits per heavy atom. The summed E-state index contributed by atoms with van der Waals surface area (Å²) in [6.07, 6.45) is 3.97. The summed E-state index contributed by atoms with van der Waals surface area (Å²) in [6.45, 7) is 4.39. The SMILES string of the molecule is CCCCCNC(=O)C1N([C@@H](CO)Cc2ccccc2)C(=O)[C@@H]2[C@H](C(=O)OCC)[C@H]3SC12CC3Br. The third-order valence-electron chi connectivity index (χ3n) is 7.53. The third-order valence-corrected chi connectivity index (χ3v) is 10.8. The van der Waals surface area contributed by atoms with Crippen LogP contribution in [0.5, 0.6) is 0 Å². The van der Waals surface area contributed by atoms with Crippen molar-refractivity contribution in [3.63, 3.8) is 0 Å². The largest absolute Gasteiger partial charge is 0.466 e. The second kappa shape index (κ2) is 11.2. The molecular formula is C26H35BrN2O5S. The number of likely N-dealkylation sites (tertiary alicyclic amines) is 1. The van der Waals surface area contributed by atoms with Crippen LogP contribution in [0.25, 0.3) is 0 Å². The lowest BCUT2D eigenvalue weighted by Crippen LogP contribution is -2.57. The molecule has 3 fully saturated rings. The Morgan fingerprint density at radius 3 is 2.69 bits per heavy atom. The maximum atomic E-state index is 14.1. The molecule has 1 aromatic carbocycles. The third kappa shape index (κ3) is 4.76. The van der Waals surface area contributed by atoms with Gasteiger partial charge >= 0.3 is 5.97 Å². The molecule has 2 amide bonds. The zero-order chi connectivity index (χ0) is 25.2. The summed E-state index contributed by atoms with van der Waals surface area (Å²) in [4.78, 5) is 42.5. The molecule has 192 valence electrons. The fraction of sp³-hybridized carbons (Fsp3) is 0.654. The summed E-state index contributed by atoms with van der Waals surface area (Å²) >= 11 is 5.33. The number of carbonyl (C=O) groups excluding carboxylic acids is 3. The van der Waals surface area contributed by atoms with E-state index in [2.05, 4.69) is 28.2 Å². The highest BCUT2D eigenvalue weighted by atomic mass is 79.9. The van der Waals surface area contributed by atoms with Gasteiger partial charge in [0.2, 0.25) is 11.8 Å². The van der Waals surface area contributed by atoms with Gasteiger partial charge in [0.15, 0.2) is 0 Å². The lowest BCUT2D eigenvalue weighted by Gasteiger charge is -2.37. The number of nitrogens with zero attached hydrogens (tertiary/aromatic N) is 1. The van der Waals surface area contributed by atoms with Gasteiger partial charge < -0.3 is 20.1 Å². The van der Waals surface area contributed by atoms with Crippen molar-refractivity contribution >= 4 is 45.5 Å². The molecule has 7 nitrogen and oxygen atoms in total. The predicted molar refractivity (Wildman–Crippen MR) is 139 cm³/mol. The second-order valence-corrected chi connectivity index (χ2v) is 12.4. The molecule has 9 heteroatoms. The molecule has 0 saturated carbocycles. The van der Waals surface area contributed by atoms with Crippen LogP contribution in [0, 0.1) is 11.8 Å². The molecule has 35 heavy (non-hydrogen) atoms. The minimum atomic E-state index is -0.753. The van der Waals surface area contributed by atoms with E-state index in [-0.39, 0.29) is 41.1 Å². The quantitative estimate of drug-likeness (QED) is 0.243. The molecule has 7 atom stereocenters. The van der Waals surface area contributed by atoms with Gasteiger partial charge in [-0.15, -0.1) is 11.8 Å². The summed E-state index contributed by atoms with van der Waals surface area (Å²) in [5.74, 6) is -2.03. The van der Waals surface area contributed by atoms with E-state index in [4.69, 9.17) is 4.74 Å². The molecular weight excluding hydrogens is 532 g/mol. The van der Waals surface area contributed by atoms with Crippen LogP contribution < -0.4 is 5.32 Å². The van der Waals surface area contributed by atoms with Gasteiger partial charge in [-0.05, 0) is 31.7 Å². The number of hydrogen-bond acceptors (Lipinski definition) is 6. The Morgan fingerprint density at radius 2 is 2.03 bits per heavy atom. The number of aliphatic hydroxyl groups is 1. The van der Waals surface area contributed by atoms with Crippen molar-refractivity contribution in [1.29, 1.82) is 0 Å². The average Bonchev–Trinajstić information content (AvgIpc) is 3.44. The van der Waals surface area contributed by atoms with Crippen LogP contribution in [0.4, 0.5) is 0 Å². The molecule has 0 radical (unpaired) electrons. The van der Waals surface area contributed by atoms with Gasteiger partial charge in [0.05, 0.1) is 35.8 Å². The van der Waals surface area contributed by atoms with E-state index in [1.54, 1.807) is 23.6 Å². The maximum absolute atomic E-state index is 14.1. The van der Waals surface area contributed by atoms with Crippen LogP contribution in [0.1, 0.15) is 45.1 Å². The Bertz CT molecular complexity index is 934. The van der Waals surface area contributed by atoms with Crippen molar-refractivity contribution in [3.05, 3.63) is 35.9 Å². The Labute approximate surface area is 219 Å². The highest BCUT2D eigenvalue weighted by Crippen LogP contribution is 2.68. The highest BCUT2D eigenvalue weighted by molar-refractivity contribution is 9.09. The number of nitrogens with one attached hydrogen (secondary N) is 1. The van der Waals surface area contributed by atoms with Crippen molar-refractivity contribution in [2.24, 2.45) is 11.8 Å². The van der Waals surface area contributed by atoms with Crippen molar-refractivity contribution in [2.75, 3.05) is 19.8 Å². The molecule has 3 aliphatic rings. The molecule has 3 saturated heterocycles. The number of fused-ring (bicyclic) bond motifs is 1. The molecule has 4 rings (SSSR count). The van der Waals surface area contributed by atoms with Crippen molar-refractivity contribution < 1.29 is 24.2 Å². The summed E-state index contributed by atoms with van der Waals surface area (Å²) in [7, 11) is 0. The van der Waals surface area contributed by atoms with Gasteiger partial charge in [0.1, 0.15) is 6.04 Å². The van der Waals surface area contributed by atoms with E-state index in [0.29, 0.717) is 19.4 Å². The van der Waals surface area contributed by atoms with Crippen LogP contribution in [-0.2, 0) is 25.5 Å². The number of hydrogen-bond donors (Lipinski definition) is 2. The lowest BCUT2D eigenvalue weighted by atomic mass is 9.71. The summed E-state index contributed by atoms with van der Waals surface area (Å²) < 4.78 is 4.66. The second-order valence-electron chi connectivity index (χ2n) is 9.69. The number of unbranched alkanes of at least 4 members (excludes halogenated alkanes) is 2. The minimum absolute atomic E-state index is 0.00278. The van der Waals surface area contributed by atoms with Crippen LogP contribution in [0.15, 0.2) is 30.3 Å². The standard InChI is InChI=1S/C26H35BrN2O5S/c1-3-5-9-12-28-23(31)22-26-14-18(27)21(35-26)19(25(33)34-4-2)20(26)24(32)29(22)17(15-30)13-16-10-7-6-8-11-16/h6-8,10-11,17-22,30H,3-5,9,12-15H2,1-2H3,(H,28,31)/t17-,18?,19+,20+,21+,22?,26?/m1/s1. The number of thioether (sulfide) groups is 1. The topological polar surface area (TPSA) is 95.9 Å². The first kappa shape index (κ1) is 26.5. The zero-order valence-electron chi connectivity index (χ0n) is 20.3. The molecule has 0 aliphatic carbocycles. The fourth-order valence-electron chi connectivity index (χ4n) is 6.09. The van der Waals surface area contributed by atoms with E-state index in [1.807, 2.05) is 30.3 Å². The molecule has 3 aliphatic heterocycles. The van der Waals surface area contributed by atoms with Crippen LogP contribution in [-0.4, -0.2) is 74.5 Å². The Balaban J connectivity index is 1.70. The monoisotopic (exact) mass is 566 g/mol. The van der Waals surface area contributed by atoms with Gasteiger partial charge in [-0.3, -0.25) is 14.4 Å². The van der Waals surface area contributed by atoms with Crippen LogP contribution in [0.3, 0.4) is 0 Å². The van der Waals surface area contributed by atoms with Gasteiger partial charge in [0, 0.05) is 16.6 Å². The Hall–Kier alpha value is -1.58. The molecule has 1 spiro atoms. The van der Waals surface area contributed by atoms with E-state index in [0.717, 1.165) is 24.8 Å². The average molecular weight is 568 g/mol. The molecule has 1 aromatic rings. The van der Waals surface area contributed by atoms with E-state index in [9.17, 15) is 19.5 Å². The molecule has 3 heterocycles. The lowest BCUT2D eigenvalue weighted by molar-refractivity contribution is -0.154. The van der Waals surface area contributed by atoms with Gasteiger partial charge in [-0.2, -0.15) is 0 Å². The number of halogens is 1. The van der Waals surface area contributed by atoms with Gasteiger partial charge in [-0.25, -0.2) is 0 Å². The molecule has 2 bridgehead atoms. The van der Waals surface area contributed by atoms with Crippen LogP contribution in [0.2, 0.25) is 0 Å². The van der Waals surface area contributed by atoms with E-state index >= 15 is 0 Å². The van der Waals surface area contributed by atoms with Crippen molar-refractivity contribution in [1.82, 2.24) is 10.2 Å². The Kier molecular flexibility index (Phi) is 8.49. The first-order valence-corrected chi connectivity index (χ1v) is 14.4. The maximum Gasteiger partial charge on any atom is 0.310 e. The highest BCUT2D eigenvalue weighted by Gasteiger charge is 2.76. The van der Waals surface area contributed by atoms with E-state index < -0.39 is 28.7 Å². The first-order valence-electron chi connectivity index (χ1n) is 12.6. The van der Waals surface area contributed by atoms with E-state index in [1.165, 1.54) is 0 Å². The number of ether oxygens (including phenoxy) is 1. The predicted octanol–water partition coefficient (Wildman–Crippen LogP) is 2.92. The number of esters is 1. The zero-order valence-corrected chi connectivity index (χ0v) is 22.7. The normalized spacial score (nSPS) is 31.9. The number of rotatable bonds is 11. The van der Waals surface area contributed by atoms with Crippen molar-refractivity contribution in [3.8, 4) is 0 Å². The number of alkyl halides is 1. The summed E-state index contributed by atoms with van der Waals surface area (Å²) in [6, 6.07) is 8.36. The number of aliphatic hydroxyl groups excluding tert-OH is 1. The fourth-order valence-corrected chi connectivity index (χ4v) is 9.68. The summed E-state index contributed by atoms with van der Waals surface area (Å²) in [5.41, 5.74) is 0.980. The minimum Gasteiger partial charge on any atom is -0.466 e. The number of carbonyl (C=O) groups is 3. The smallest absolute Gasteiger partial charge is 0.310 e.